The highest BCUT2D eigenvalue weighted by atomic mass is 35.5. The first-order chi connectivity index (χ1) is 12.4. The number of piperidine rings is 1. The molecule has 1 aromatic carbocycles. The normalized spacial score (nSPS) is 14.2. The third kappa shape index (κ3) is 4.47. The first kappa shape index (κ1) is 19.0. The van der Waals surface area contributed by atoms with Crippen molar-refractivity contribution in [2.45, 2.75) is 19.3 Å². The highest BCUT2D eigenvalue weighted by Crippen LogP contribution is 2.25. The number of pyridine rings is 1. The summed E-state index contributed by atoms with van der Waals surface area (Å²) in [7, 11) is 0. The minimum Gasteiger partial charge on any atom is -0.339 e. The Morgan fingerprint density at radius 3 is 2.27 bits per heavy atom. The van der Waals surface area contributed by atoms with E-state index in [4.69, 9.17) is 34.8 Å². The maximum atomic E-state index is 12.8. The van der Waals surface area contributed by atoms with Crippen LogP contribution in [0.1, 0.15) is 40.0 Å². The Morgan fingerprint density at radius 2 is 1.62 bits per heavy atom. The molecular formula is C18H16Cl3N3O2. The molecule has 2 heterocycles. The van der Waals surface area contributed by atoms with Crippen LogP contribution in [-0.2, 0) is 0 Å². The number of likely N-dealkylation sites (tertiary alicyclic amines) is 1. The maximum Gasteiger partial charge on any atom is 0.255 e. The zero-order chi connectivity index (χ0) is 18.7. The van der Waals surface area contributed by atoms with E-state index in [1.807, 2.05) is 0 Å². The SMILES string of the molecule is O=C(Nc1cc(Cl)ccc1C(=O)N1CCCCC1)c1cc(Cl)nc(Cl)c1. The van der Waals surface area contributed by atoms with Gasteiger partial charge in [0.25, 0.3) is 11.8 Å². The second-order valence-electron chi connectivity index (χ2n) is 6.00. The van der Waals surface area contributed by atoms with Crippen molar-refractivity contribution in [2.75, 3.05) is 18.4 Å². The molecule has 1 N–H and O–H groups in total. The van der Waals surface area contributed by atoms with Gasteiger partial charge < -0.3 is 10.2 Å². The van der Waals surface area contributed by atoms with Crippen molar-refractivity contribution < 1.29 is 9.59 Å². The number of benzene rings is 1. The third-order valence-corrected chi connectivity index (χ3v) is 4.75. The van der Waals surface area contributed by atoms with Gasteiger partial charge in [0.05, 0.1) is 11.3 Å². The van der Waals surface area contributed by atoms with Crippen LogP contribution in [0.3, 0.4) is 0 Å². The number of aromatic nitrogens is 1. The smallest absolute Gasteiger partial charge is 0.255 e. The topological polar surface area (TPSA) is 62.3 Å². The summed E-state index contributed by atoms with van der Waals surface area (Å²) in [6, 6.07) is 7.62. The fourth-order valence-electron chi connectivity index (χ4n) is 2.86. The third-order valence-electron chi connectivity index (χ3n) is 4.13. The van der Waals surface area contributed by atoms with Gasteiger partial charge in [-0.25, -0.2) is 4.98 Å². The Labute approximate surface area is 166 Å². The van der Waals surface area contributed by atoms with E-state index in [1.165, 1.54) is 12.1 Å². The highest BCUT2D eigenvalue weighted by Gasteiger charge is 2.22. The molecule has 0 spiro atoms. The predicted octanol–water partition coefficient (Wildman–Crippen LogP) is 4.92. The summed E-state index contributed by atoms with van der Waals surface area (Å²) in [6.07, 6.45) is 3.08. The molecule has 0 radical (unpaired) electrons. The van der Waals surface area contributed by atoms with Crippen LogP contribution in [0.2, 0.25) is 15.3 Å². The van der Waals surface area contributed by atoms with Crippen LogP contribution in [0.15, 0.2) is 30.3 Å². The van der Waals surface area contributed by atoms with Gasteiger partial charge in [-0.1, -0.05) is 34.8 Å². The van der Waals surface area contributed by atoms with Crippen molar-refractivity contribution in [3.8, 4) is 0 Å². The zero-order valence-corrected chi connectivity index (χ0v) is 16.0. The molecule has 136 valence electrons. The summed E-state index contributed by atoms with van der Waals surface area (Å²) in [6.45, 7) is 1.43. The monoisotopic (exact) mass is 411 g/mol. The van der Waals surface area contributed by atoms with Gasteiger partial charge in [0.15, 0.2) is 0 Å². The number of hydrogen-bond acceptors (Lipinski definition) is 3. The van der Waals surface area contributed by atoms with Crippen LogP contribution in [0, 0.1) is 0 Å². The lowest BCUT2D eigenvalue weighted by Gasteiger charge is -2.27. The first-order valence-corrected chi connectivity index (χ1v) is 9.31. The summed E-state index contributed by atoms with van der Waals surface area (Å²) in [5.74, 6) is -0.575. The summed E-state index contributed by atoms with van der Waals surface area (Å²) in [5, 5.41) is 3.36. The van der Waals surface area contributed by atoms with Crippen molar-refractivity contribution >= 4 is 52.3 Å². The molecule has 1 saturated heterocycles. The Balaban J connectivity index is 1.88. The molecule has 5 nitrogen and oxygen atoms in total. The maximum absolute atomic E-state index is 12.8. The van der Waals surface area contributed by atoms with Crippen LogP contribution in [0.25, 0.3) is 0 Å². The Hall–Kier alpha value is -1.82. The Bertz CT molecular complexity index is 831. The lowest BCUT2D eigenvalue weighted by molar-refractivity contribution is 0.0725. The lowest BCUT2D eigenvalue weighted by Crippen LogP contribution is -2.36. The van der Waals surface area contributed by atoms with Gasteiger partial charge in [0.1, 0.15) is 10.3 Å². The number of amides is 2. The van der Waals surface area contributed by atoms with Crippen molar-refractivity contribution in [3.05, 3.63) is 56.8 Å². The zero-order valence-electron chi connectivity index (χ0n) is 13.8. The van der Waals surface area contributed by atoms with Gasteiger partial charge in [-0.3, -0.25) is 9.59 Å². The number of anilines is 1. The second kappa shape index (κ2) is 8.25. The van der Waals surface area contributed by atoms with Crippen LogP contribution in [-0.4, -0.2) is 34.8 Å². The molecule has 0 aliphatic carbocycles. The van der Waals surface area contributed by atoms with Crippen molar-refractivity contribution in [1.82, 2.24) is 9.88 Å². The number of nitrogens with zero attached hydrogens (tertiary/aromatic N) is 2. The summed E-state index contributed by atoms with van der Waals surface area (Å²) in [4.78, 5) is 31.0. The van der Waals surface area contributed by atoms with Gasteiger partial charge in [0, 0.05) is 23.7 Å². The molecule has 1 aromatic heterocycles. The molecule has 1 aliphatic heterocycles. The molecule has 26 heavy (non-hydrogen) atoms. The van der Waals surface area contributed by atoms with Crippen LogP contribution in [0.4, 0.5) is 5.69 Å². The van der Waals surface area contributed by atoms with Crippen molar-refractivity contribution in [1.29, 1.82) is 0 Å². The van der Waals surface area contributed by atoms with Gasteiger partial charge in [-0.2, -0.15) is 0 Å². The van der Waals surface area contributed by atoms with Crippen molar-refractivity contribution in [3.63, 3.8) is 0 Å². The molecule has 2 aromatic rings. The minimum absolute atomic E-state index is 0.110. The number of rotatable bonds is 3. The molecule has 0 saturated carbocycles. The average Bonchev–Trinajstić information content (AvgIpc) is 2.61. The van der Waals surface area contributed by atoms with E-state index in [1.54, 1.807) is 23.1 Å². The number of carbonyl (C=O) groups is 2. The van der Waals surface area contributed by atoms with E-state index in [2.05, 4.69) is 10.3 Å². The standard InChI is InChI=1S/C18H16Cl3N3O2/c19-12-4-5-13(18(26)24-6-2-1-3-7-24)14(10-12)22-17(25)11-8-15(20)23-16(21)9-11/h4-5,8-10H,1-3,6-7H2,(H,22,25). The number of hydrogen-bond donors (Lipinski definition) is 1. The fourth-order valence-corrected chi connectivity index (χ4v) is 3.50. The van der Waals surface area contributed by atoms with Gasteiger partial charge in [0.2, 0.25) is 0 Å². The van der Waals surface area contributed by atoms with Crippen LogP contribution >= 0.6 is 34.8 Å². The van der Waals surface area contributed by atoms with E-state index >= 15 is 0 Å². The molecule has 0 bridgehead atoms. The van der Waals surface area contributed by atoms with E-state index in [0.717, 1.165) is 19.3 Å². The van der Waals surface area contributed by atoms with Gasteiger partial charge in [-0.15, -0.1) is 0 Å². The largest absolute Gasteiger partial charge is 0.339 e. The molecule has 8 heteroatoms. The quantitative estimate of drug-likeness (QED) is 0.728. The number of carbonyl (C=O) groups excluding carboxylic acids is 2. The first-order valence-electron chi connectivity index (χ1n) is 8.17. The molecule has 0 atom stereocenters. The Morgan fingerprint density at radius 1 is 0.962 bits per heavy atom. The number of halogens is 3. The minimum atomic E-state index is -0.453. The lowest BCUT2D eigenvalue weighted by atomic mass is 10.1. The molecule has 2 amide bonds. The van der Waals surface area contributed by atoms with Gasteiger partial charge in [-0.05, 0) is 49.6 Å². The van der Waals surface area contributed by atoms with E-state index < -0.39 is 5.91 Å². The van der Waals surface area contributed by atoms with Crippen molar-refractivity contribution in [2.24, 2.45) is 0 Å². The molecule has 0 unspecified atom stereocenters. The van der Waals surface area contributed by atoms with Gasteiger partial charge >= 0.3 is 0 Å². The average molecular weight is 413 g/mol. The highest BCUT2D eigenvalue weighted by molar-refractivity contribution is 6.33. The molecule has 1 fully saturated rings. The fraction of sp³-hybridized carbons (Fsp3) is 0.278. The van der Waals surface area contributed by atoms with E-state index in [9.17, 15) is 9.59 Å². The Kier molecular flexibility index (Phi) is 6.01. The summed E-state index contributed by atoms with van der Waals surface area (Å²) in [5.41, 5.74) is 0.990. The van der Waals surface area contributed by atoms with Crippen LogP contribution in [0.5, 0.6) is 0 Å². The molecule has 3 rings (SSSR count). The second-order valence-corrected chi connectivity index (χ2v) is 7.21. The predicted molar refractivity (Wildman–Crippen MR) is 103 cm³/mol. The molecular weight excluding hydrogens is 397 g/mol. The van der Waals surface area contributed by atoms with Crippen LogP contribution < -0.4 is 5.32 Å². The summed E-state index contributed by atoms with van der Waals surface area (Å²) >= 11 is 17.8. The molecule has 1 aliphatic rings. The van der Waals surface area contributed by atoms with E-state index in [-0.39, 0.29) is 21.8 Å². The van der Waals surface area contributed by atoms with E-state index in [0.29, 0.717) is 29.4 Å². The number of nitrogens with one attached hydrogen (secondary N) is 1. The summed E-state index contributed by atoms with van der Waals surface area (Å²) < 4.78 is 0.